The Morgan fingerprint density at radius 2 is 2.06 bits per heavy atom. The first-order valence-electron chi connectivity index (χ1n) is 5.47. The van der Waals surface area contributed by atoms with Gasteiger partial charge in [0.15, 0.2) is 0 Å². The van der Waals surface area contributed by atoms with Gasteiger partial charge in [-0.1, -0.05) is 0 Å². The highest BCUT2D eigenvalue weighted by Crippen LogP contribution is 2.20. The summed E-state index contributed by atoms with van der Waals surface area (Å²) in [6, 6.07) is -1.13. The lowest BCUT2D eigenvalue weighted by molar-refractivity contribution is -0.140. The number of nitrogens with one attached hydrogen (secondary N) is 1. The molecule has 0 radical (unpaired) electrons. The number of hydrogen-bond donors (Lipinski definition) is 2. The Morgan fingerprint density at radius 1 is 1.44 bits per heavy atom. The summed E-state index contributed by atoms with van der Waals surface area (Å²) >= 11 is 0. The third kappa shape index (κ3) is 3.57. The van der Waals surface area contributed by atoms with E-state index in [1.165, 1.54) is 0 Å². The molecule has 1 heterocycles. The second kappa shape index (κ2) is 5.53. The zero-order valence-corrected chi connectivity index (χ0v) is 10.9. The van der Waals surface area contributed by atoms with Crippen LogP contribution in [0.2, 0.25) is 0 Å². The highest BCUT2D eigenvalue weighted by atomic mass is 32.2. The van der Waals surface area contributed by atoms with E-state index in [-0.39, 0.29) is 13.0 Å². The van der Waals surface area contributed by atoms with Gasteiger partial charge in [-0.25, -0.2) is 9.52 Å². The summed E-state index contributed by atoms with van der Waals surface area (Å²) in [6.07, 6.45) is -0.901. The van der Waals surface area contributed by atoms with Crippen LogP contribution in [0.5, 0.6) is 0 Å². The van der Waals surface area contributed by atoms with Crippen LogP contribution in [0.4, 0.5) is 4.79 Å². The van der Waals surface area contributed by atoms with Gasteiger partial charge in [0.25, 0.3) is 0 Å². The van der Waals surface area contributed by atoms with E-state index in [2.05, 4.69) is 4.74 Å². The Hall–Kier alpha value is -1.35. The molecular formula is C9H16N2O6S. The predicted molar refractivity (Wildman–Crippen MR) is 61.0 cm³/mol. The van der Waals surface area contributed by atoms with Crippen molar-refractivity contribution in [2.75, 3.05) is 6.54 Å². The van der Waals surface area contributed by atoms with Crippen molar-refractivity contribution in [3.8, 4) is 0 Å². The fourth-order valence-electron chi connectivity index (χ4n) is 1.68. The molecule has 1 saturated heterocycles. The zero-order valence-electron chi connectivity index (χ0n) is 10.1. The van der Waals surface area contributed by atoms with Crippen molar-refractivity contribution in [3.05, 3.63) is 0 Å². The van der Waals surface area contributed by atoms with Crippen molar-refractivity contribution < 1.29 is 27.9 Å². The highest BCUT2D eigenvalue weighted by Gasteiger charge is 2.39. The summed E-state index contributed by atoms with van der Waals surface area (Å²) < 4.78 is 30.7. The van der Waals surface area contributed by atoms with Gasteiger partial charge in [-0.3, -0.25) is 4.79 Å². The van der Waals surface area contributed by atoms with Crippen LogP contribution >= 0.6 is 0 Å². The first kappa shape index (κ1) is 14.7. The molecule has 0 aromatic carbocycles. The maximum atomic E-state index is 11.8. The Bertz CT molecular complexity index is 432. The molecule has 1 aliphatic rings. The van der Waals surface area contributed by atoms with Crippen molar-refractivity contribution in [2.45, 2.75) is 38.8 Å². The van der Waals surface area contributed by atoms with E-state index >= 15 is 0 Å². The van der Waals surface area contributed by atoms with E-state index in [1.54, 1.807) is 18.6 Å². The lowest BCUT2D eigenvalue weighted by Gasteiger charge is -2.21. The van der Waals surface area contributed by atoms with Gasteiger partial charge in [0.05, 0.1) is 6.10 Å². The molecule has 1 fully saturated rings. The van der Waals surface area contributed by atoms with Crippen LogP contribution in [-0.4, -0.2) is 48.6 Å². The second-order valence-electron chi connectivity index (χ2n) is 4.17. The Kier molecular flexibility index (Phi) is 4.52. The average Bonchev–Trinajstić information content (AvgIpc) is 2.63. The predicted octanol–water partition coefficient (Wildman–Crippen LogP) is -0.0852. The number of ether oxygens (including phenoxy) is 1. The third-order valence-corrected chi connectivity index (χ3v) is 3.83. The normalized spacial score (nSPS) is 20.9. The molecule has 1 rings (SSSR count). The number of nitrogens with zero attached hydrogens (tertiary/aromatic N) is 1. The molecule has 0 aromatic heterocycles. The first-order valence-corrected chi connectivity index (χ1v) is 6.91. The molecule has 1 amide bonds. The monoisotopic (exact) mass is 280 g/mol. The molecule has 0 bridgehead atoms. The van der Waals surface area contributed by atoms with Crippen LogP contribution in [0.15, 0.2) is 0 Å². The van der Waals surface area contributed by atoms with E-state index in [1.807, 2.05) is 0 Å². The number of carbonyl (C=O) groups is 2. The SMILES string of the molecule is CC(C)OC(=O)NS(=O)(=O)N1CCC[C@@H]1C(=O)O. The molecule has 0 unspecified atom stereocenters. The van der Waals surface area contributed by atoms with E-state index < -0.39 is 34.4 Å². The van der Waals surface area contributed by atoms with Gasteiger partial charge < -0.3 is 9.84 Å². The summed E-state index contributed by atoms with van der Waals surface area (Å²) in [6.45, 7) is 3.21. The molecule has 8 nitrogen and oxygen atoms in total. The summed E-state index contributed by atoms with van der Waals surface area (Å²) in [5.74, 6) is -1.23. The maximum absolute atomic E-state index is 11.8. The van der Waals surface area contributed by atoms with Crippen molar-refractivity contribution in [1.29, 1.82) is 0 Å². The number of aliphatic carboxylic acids is 1. The van der Waals surface area contributed by atoms with Gasteiger partial charge in [-0.2, -0.15) is 12.7 Å². The topological polar surface area (TPSA) is 113 Å². The lowest BCUT2D eigenvalue weighted by Crippen LogP contribution is -2.48. The van der Waals surface area contributed by atoms with E-state index in [0.29, 0.717) is 6.42 Å². The van der Waals surface area contributed by atoms with Crippen molar-refractivity contribution in [2.24, 2.45) is 0 Å². The summed E-state index contributed by atoms with van der Waals surface area (Å²) in [5, 5.41) is 8.88. The lowest BCUT2D eigenvalue weighted by atomic mass is 10.2. The van der Waals surface area contributed by atoms with Gasteiger partial charge in [-0.15, -0.1) is 0 Å². The second-order valence-corrected chi connectivity index (χ2v) is 5.79. The molecule has 0 saturated carbocycles. The molecule has 0 aromatic rings. The van der Waals surface area contributed by atoms with Gasteiger partial charge in [-0.05, 0) is 26.7 Å². The largest absolute Gasteiger partial charge is 0.480 e. The van der Waals surface area contributed by atoms with E-state index in [9.17, 15) is 18.0 Å². The first-order chi connectivity index (χ1) is 8.24. The Labute approximate surface area is 105 Å². The number of amides is 1. The fraction of sp³-hybridized carbons (Fsp3) is 0.778. The molecule has 0 aliphatic carbocycles. The molecular weight excluding hydrogens is 264 g/mol. The van der Waals surface area contributed by atoms with Crippen LogP contribution in [0.3, 0.4) is 0 Å². The third-order valence-electron chi connectivity index (χ3n) is 2.35. The number of rotatable bonds is 4. The Morgan fingerprint density at radius 3 is 2.56 bits per heavy atom. The van der Waals surface area contributed by atoms with Gasteiger partial charge >= 0.3 is 22.3 Å². The molecule has 0 spiro atoms. The molecule has 104 valence electrons. The maximum Gasteiger partial charge on any atom is 0.422 e. The van der Waals surface area contributed by atoms with Crippen LogP contribution in [-0.2, 0) is 19.7 Å². The highest BCUT2D eigenvalue weighted by molar-refractivity contribution is 7.87. The molecule has 1 atom stereocenters. The number of carboxylic acids is 1. The summed E-state index contributed by atoms with van der Waals surface area (Å²) in [7, 11) is -4.17. The smallest absolute Gasteiger partial charge is 0.422 e. The van der Waals surface area contributed by atoms with E-state index in [4.69, 9.17) is 5.11 Å². The van der Waals surface area contributed by atoms with Gasteiger partial charge in [0.1, 0.15) is 6.04 Å². The zero-order chi connectivity index (χ0) is 13.9. The minimum Gasteiger partial charge on any atom is -0.480 e. The Balaban J connectivity index is 2.74. The molecule has 2 N–H and O–H groups in total. The van der Waals surface area contributed by atoms with Gasteiger partial charge in [0.2, 0.25) is 0 Å². The number of hydrogen-bond acceptors (Lipinski definition) is 5. The standard InChI is InChI=1S/C9H16N2O6S/c1-6(2)17-9(14)10-18(15,16)11-5-3-4-7(11)8(12)13/h6-7H,3-5H2,1-2H3,(H,10,14)(H,12,13)/t7-/m1/s1. The fourth-order valence-corrected chi connectivity index (χ4v) is 2.95. The molecule has 9 heteroatoms. The summed E-state index contributed by atoms with van der Waals surface area (Å²) in [5.41, 5.74) is 0. The van der Waals surface area contributed by atoms with Crippen LogP contribution in [0, 0.1) is 0 Å². The van der Waals surface area contributed by atoms with Crippen molar-refractivity contribution in [3.63, 3.8) is 0 Å². The number of carboxylic acid groups (broad SMARTS) is 1. The quantitative estimate of drug-likeness (QED) is 0.744. The van der Waals surface area contributed by atoms with Crippen LogP contribution < -0.4 is 4.72 Å². The average molecular weight is 280 g/mol. The number of carbonyl (C=O) groups excluding carboxylic acids is 1. The molecule has 18 heavy (non-hydrogen) atoms. The molecule has 1 aliphatic heterocycles. The van der Waals surface area contributed by atoms with Crippen molar-refractivity contribution >= 4 is 22.3 Å². The van der Waals surface area contributed by atoms with E-state index in [0.717, 1.165) is 4.31 Å². The van der Waals surface area contributed by atoms with Gasteiger partial charge in [0, 0.05) is 6.54 Å². The minimum atomic E-state index is -4.17. The minimum absolute atomic E-state index is 0.0707. The summed E-state index contributed by atoms with van der Waals surface area (Å²) in [4.78, 5) is 22.1. The van der Waals surface area contributed by atoms with Crippen LogP contribution in [0.1, 0.15) is 26.7 Å². The van der Waals surface area contributed by atoms with Crippen molar-refractivity contribution in [1.82, 2.24) is 9.03 Å². The van der Waals surface area contributed by atoms with Crippen LogP contribution in [0.25, 0.3) is 0 Å².